The van der Waals surface area contributed by atoms with Gasteiger partial charge in [-0.2, -0.15) is 0 Å². The highest BCUT2D eigenvalue weighted by Gasteiger charge is 2.48. The van der Waals surface area contributed by atoms with E-state index >= 15 is 0 Å². The molecule has 33 heavy (non-hydrogen) atoms. The van der Waals surface area contributed by atoms with Crippen LogP contribution in [0.1, 0.15) is 58.8 Å². The summed E-state index contributed by atoms with van der Waals surface area (Å²) in [6.07, 6.45) is 0.143. The lowest BCUT2D eigenvalue weighted by molar-refractivity contribution is -0.211. The highest BCUT2D eigenvalue weighted by atomic mass is 32.2. The smallest absolute Gasteiger partial charge is 0.321 e. The fourth-order valence-electron chi connectivity index (χ4n) is 4.60. The number of aliphatic hydroxyl groups excluding tert-OH is 4. The minimum absolute atomic E-state index is 0.0974. The summed E-state index contributed by atoms with van der Waals surface area (Å²) >= 11 is 0.891. The average molecular weight is 493 g/mol. The number of amides is 1. The number of carbonyl (C=O) groups excluding carboxylic acids is 1. The molecule has 11 heteroatoms. The Kier molecular flexibility index (Phi) is 11.3. The van der Waals surface area contributed by atoms with Crippen molar-refractivity contribution in [2.45, 2.75) is 107 Å². The molecule has 0 aromatic heterocycles. The van der Waals surface area contributed by atoms with E-state index < -0.39 is 54.0 Å². The third-order valence-electron chi connectivity index (χ3n) is 6.67. The molecule has 0 aromatic carbocycles. The van der Waals surface area contributed by atoms with Crippen molar-refractivity contribution >= 4 is 23.6 Å². The van der Waals surface area contributed by atoms with Gasteiger partial charge in [0.05, 0.1) is 12.1 Å². The van der Waals surface area contributed by atoms with Crippen molar-refractivity contribution < 1.29 is 39.9 Å². The quantitative estimate of drug-likeness (QED) is 0.180. The number of rotatable bonds is 12. The summed E-state index contributed by atoms with van der Waals surface area (Å²) in [5, 5.41) is 53.2. The molecule has 2 fully saturated rings. The number of hydrogen-bond acceptors (Lipinski definition) is 9. The predicted molar refractivity (Wildman–Crippen MR) is 123 cm³/mol. The Labute approximate surface area is 199 Å². The minimum atomic E-state index is -1.60. The van der Waals surface area contributed by atoms with Crippen molar-refractivity contribution in [3.8, 4) is 0 Å². The molecule has 10 nitrogen and oxygen atoms in total. The summed E-state index contributed by atoms with van der Waals surface area (Å²) in [7, 11) is 0. The van der Waals surface area contributed by atoms with Gasteiger partial charge < -0.3 is 41.3 Å². The number of aliphatic hydroxyl groups is 4. The van der Waals surface area contributed by atoms with Gasteiger partial charge in [0.25, 0.3) is 0 Å². The second-order valence-corrected chi connectivity index (χ2v) is 10.5. The second kappa shape index (κ2) is 13.2. The number of aliphatic carboxylic acids is 1. The molecular formula is C22H40N2O8S. The number of carboxylic acids is 1. The van der Waals surface area contributed by atoms with Crippen LogP contribution < -0.4 is 11.1 Å². The molecule has 2 rings (SSSR count). The van der Waals surface area contributed by atoms with Crippen molar-refractivity contribution in [3.63, 3.8) is 0 Å². The van der Waals surface area contributed by atoms with Crippen LogP contribution >= 0.6 is 11.8 Å². The lowest BCUT2D eigenvalue weighted by Gasteiger charge is -2.44. The predicted octanol–water partition coefficient (Wildman–Crippen LogP) is -0.199. The van der Waals surface area contributed by atoms with E-state index in [0.717, 1.165) is 50.3 Å². The second-order valence-electron chi connectivity index (χ2n) is 9.37. The maximum atomic E-state index is 12.9. The summed E-state index contributed by atoms with van der Waals surface area (Å²) in [5.74, 6) is -1.23. The monoisotopic (exact) mass is 492 g/mol. The number of nitrogens with one attached hydrogen (secondary N) is 1. The SMILES string of the molecule is CCCCC[C@H]1CC[C@H](C(=O)N[C@@H]([C@H]2O[C@H](SC[C@H](N)C(=O)O)[C@H](O)[C@@H](O)[C@H]2O)[C@@H](C)O)C1. The van der Waals surface area contributed by atoms with Crippen LogP contribution in [0.15, 0.2) is 0 Å². The number of ether oxygens (including phenoxy) is 1. The highest BCUT2D eigenvalue weighted by molar-refractivity contribution is 7.99. The van der Waals surface area contributed by atoms with Gasteiger partial charge in [0.15, 0.2) is 0 Å². The number of carbonyl (C=O) groups is 2. The molecule has 0 spiro atoms. The molecule has 8 N–H and O–H groups in total. The fraction of sp³-hybridized carbons (Fsp3) is 0.909. The standard InChI is InChI=1S/C22H40N2O8S/c1-3-4-5-6-12-7-8-13(9-12)20(29)24-15(11(2)25)19-17(27)16(26)18(28)22(32-19)33-10-14(23)21(30)31/h11-19,22,25-28H,3-10,23H2,1-2H3,(H,24,29)(H,30,31)/t11-,12+,13+,14+,15-,16+,17-,18-,19-,22-/m1/s1. The van der Waals surface area contributed by atoms with Gasteiger partial charge in [0.2, 0.25) is 5.91 Å². The molecule has 2 aliphatic rings. The van der Waals surface area contributed by atoms with Crippen molar-refractivity contribution in [2.24, 2.45) is 17.6 Å². The van der Waals surface area contributed by atoms with Gasteiger partial charge in [-0.15, -0.1) is 11.8 Å². The Balaban J connectivity index is 2.02. The normalized spacial score (nSPS) is 35.1. The molecule has 1 aliphatic heterocycles. The van der Waals surface area contributed by atoms with Gasteiger partial charge in [-0.3, -0.25) is 9.59 Å². The van der Waals surface area contributed by atoms with Gasteiger partial charge in [0.1, 0.15) is 35.9 Å². The van der Waals surface area contributed by atoms with Crippen LogP contribution in [-0.2, 0) is 14.3 Å². The molecule has 0 aromatic rings. The lowest BCUT2D eigenvalue weighted by Crippen LogP contribution is -2.65. The van der Waals surface area contributed by atoms with Crippen LogP contribution in [0.3, 0.4) is 0 Å². The van der Waals surface area contributed by atoms with Crippen molar-refractivity contribution in [3.05, 3.63) is 0 Å². The van der Waals surface area contributed by atoms with Gasteiger partial charge >= 0.3 is 5.97 Å². The van der Waals surface area contributed by atoms with E-state index in [9.17, 15) is 30.0 Å². The first kappa shape index (κ1) is 28.3. The molecule has 0 radical (unpaired) electrons. The van der Waals surface area contributed by atoms with E-state index in [0.29, 0.717) is 5.92 Å². The maximum absolute atomic E-state index is 12.9. The Morgan fingerprint density at radius 1 is 1.15 bits per heavy atom. The minimum Gasteiger partial charge on any atom is -0.480 e. The molecular weight excluding hydrogens is 452 g/mol. The Bertz CT molecular complexity index is 640. The van der Waals surface area contributed by atoms with E-state index in [4.69, 9.17) is 15.6 Å². The Morgan fingerprint density at radius 3 is 2.45 bits per heavy atom. The number of thioether (sulfide) groups is 1. The molecule has 192 valence electrons. The van der Waals surface area contributed by atoms with Gasteiger partial charge in [-0.05, 0) is 32.1 Å². The average Bonchev–Trinajstić information content (AvgIpc) is 3.24. The molecule has 1 saturated carbocycles. The molecule has 0 bridgehead atoms. The molecule has 1 amide bonds. The van der Waals surface area contributed by atoms with Gasteiger partial charge in [-0.25, -0.2) is 0 Å². The van der Waals surface area contributed by atoms with E-state index in [1.165, 1.54) is 13.3 Å². The van der Waals surface area contributed by atoms with Gasteiger partial charge in [-0.1, -0.05) is 32.6 Å². The van der Waals surface area contributed by atoms with Gasteiger partial charge in [0, 0.05) is 11.7 Å². The molecule has 1 heterocycles. The summed E-state index contributed by atoms with van der Waals surface area (Å²) < 4.78 is 5.76. The van der Waals surface area contributed by atoms with E-state index in [1.54, 1.807) is 0 Å². The zero-order chi connectivity index (χ0) is 24.7. The van der Waals surface area contributed by atoms with Crippen LogP contribution in [0.5, 0.6) is 0 Å². The molecule has 10 atom stereocenters. The van der Waals surface area contributed by atoms with Crippen molar-refractivity contribution in [1.82, 2.24) is 5.32 Å². The third-order valence-corrected chi connectivity index (χ3v) is 7.94. The Hall–Kier alpha value is -0.950. The molecule has 1 saturated heterocycles. The summed E-state index contributed by atoms with van der Waals surface area (Å²) in [6, 6.07) is -2.22. The van der Waals surface area contributed by atoms with E-state index in [1.807, 2.05) is 0 Å². The molecule has 0 unspecified atom stereocenters. The van der Waals surface area contributed by atoms with Crippen LogP contribution in [0.25, 0.3) is 0 Å². The first-order valence-electron chi connectivity index (χ1n) is 11.8. The summed E-state index contributed by atoms with van der Waals surface area (Å²) in [4.78, 5) is 23.9. The summed E-state index contributed by atoms with van der Waals surface area (Å²) in [6.45, 7) is 3.60. The first-order valence-corrected chi connectivity index (χ1v) is 12.9. The Morgan fingerprint density at radius 2 is 1.85 bits per heavy atom. The van der Waals surface area contributed by atoms with E-state index in [-0.39, 0.29) is 17.6 Å². The maximum Gasteiger partial charge on any atom is 0.321 e. The number of nitrogens with two attached hydrogens (primary N) is 1. The van der Waals surface area contributed by atoms with Crippen molar-refractivity contribution in [1.29, 1.82) is 0 Å². The van der Waals surface area contributed by atoms with E-state index in [2.05, 4.69) is 12.2 Å². The lowest BCUT2D eigenvalue weighted by atomic mass is 9.91. The largest absolute Gasteiger partial charge is 0.480 e. The number of hydrogen-bond donors (Lipinski definition) is 7. The molecule has 1 aliphatic carbocycles. The van der Waals surface area contributed by atoms with Crippen LogP contribution in [0.2, 0.25) is 0 Å². The zero-order valence-electron chi connectivity index (χ0n) is 19.4. The van der Waals surface area contributed by atoms with Crippen LogP contribution in [-0.4, -0.2) is 91.2 Å². The highest BCUT2D eigenvalue weighted by Crippen LogP contribution is 2.35. The third kappa shape index (κ3) is 7.78. The first-order chi connectivity index (χ1) is 15.6. The fourth-order valence-corrected chi connectivity index (χ4v) is 5.70. The van der Waals surface area contributed by atoms with Crippen LogP contribution in [0, 0.1) is 11.8 Å². The topological polar surface area (TPSA) is 183 Å². The number of carboxylic acid groups (broad SMARTS) is 1. The van der Waals surface area contributed by atoms with Crippen LogP contribution in [0.4, 0.5) is 0 Å². The zero-order valence-corrected chi connectivity index (χ0v) is 20.2. The summed E-state index contributed by atoms with van der Waals surface area (Å²) in [5.41, 5.74) is 4.41. The van der Waals surface area contributed by atoms with Crippen molar-refractivity contribution in [2.75, 3.05) is 5.75 Å². The number of unbranched alkanes of at least 4 members (excludes halogenated alkanes) is 2.